The highest BCUT2D eigenvalue weighted by atomic mass is 79.9. The van der Waals surface area contributed by atoms with Crippen molar-refractivity contribution in [1.29, 1.82) is 0 Å². The maximum Gasteiger partial charge on any atom is 0.0730 e. The van der Waals surface area contributed by atoms with Crippen molar-refractivity contribution in [3.8, 4) is 0 Å². The fraction of sp³-hybridized carbons (Fsp3) is 0.429. The van der Waals surface area contributed by atoms with Gasteiger partial charge in [0.1, 0.15) is 0 Å². The Morgan fingerprint density at radius 2 is 2.28 bits per heavy atom. The first-order valence-corrected chi connectivity index (χ1v) is 7.81. The summed E-state index contributed by atoms with van der Waals surface area (Å²) in [6, 6.07) is 7.13. The van der Waals surface area contributed by atoms with Crippen LogP contribution in [0.1, 0.15) is 23.3 Å². The summed E-state index contributed by atoms with van der Waals surface area (Å²) >= 11 is 5.51. The number of hydrogen-bond acceptors (Lipinski definition) is 3. The van der Waals surface area contributed by atoms with E-state index >= 15 is 0 Å². The minimum atomic E-state index is 0.693. The van der Waals surface area contributed by atoms with E-state index in [0.717, 1.165) is 12.6 Å². The van der Waals surface area contributed by atoms with Gasteiger partial charge in [-0.2, -0.15) is 0 Å². The molecule has 1 aliphatic carbocycles. The van der Waals surface area contributed by atoms with Crippen LogP contribution in [0.2, 0.25) is 0 Å². The molecule has 0 unspecified atom stereocenters. The molecule has 3 rings (SSSR count). The average Bonchev–Trinajstić information content (AvgIpc) is 3.12. The van der Waals surface area contributed by atoms with E-state index < -0.39 is 0 Å². The summed E-state index contributed by atoms with van der Waals surface area (Å²) < 4.78 is 7.87. The van der Waals surface area contributed by atoms with Crippen molar-refractivity contribution in [2.75, 3.05) is 7.11 Å². The maximum absolute atomic E-state index is 5.36. The van der Waals surface area contributed by atoms with Crippen LogP contribution >= 0.6 is 27.3 Å². The predicted octanol–water partition coefficient (Wildman–Crippen LogP) is 4.06. The van der Waals surface area contributed by atoms with Crippen molar-refractivity contribution in [3.63, 3.8) is 0 Å². The molecule has 0 atom stereocenters. The molecule has 0 aliphatic heterocycles. The number of fused-ring (bicyclic) bond motifs is 1. The zero-order valence-corrected chi connectivity index (χ0v) is 12.7. The Hall–Kier alpha value is -0.420. The van der Waals surface area contributed by atoms with Crippen molar-refractivity contribution >= 4 is 37.4 Å². The molecule has 0 saturated heterocycles. The number of ether oxygens (including phenoxy) is 1. The van der Waals surface area contributed by atoms with Crippen molar-refractivity contribution in [3.05, 3.63) is 33.1 Å². The third-order valence-corrected chi connectivity index (χ3v) is 5.48. The van der Waals surface area contributed by atoms with Crippen LogP contribution in [0, 0.1) is 0 Å². The summed E-state index contributed by atoms with van der Waals surface area (Å²) in [7, 11) is 1.76. The first-order valence-electron chi connectivity index (χ1n) is 6.20. The Morgan fingerprint density at radius 1 is 1.44 bits per heavy atom. The van der Waals surface area contributed by atoms with Crippen LogP contribution < -0.4 is 5.32 Å². The zero-order valence-electron chi connectivity index (χ0n) is 10.3. The van der Waals surface area contributed by atoms with E-state index in [1.165, 1.54) is 37.8 Å². The molecule has 0 radical (unpaired) electrons. The van der Waals surface area contributed by atoms with Gasteiger partial charge in [-0.05, 0) is 40.2 Å². The van der Waals surface area contributed by atoms with Gasteiger partial charge >= 0.3 is 0 Å². The van der Waals surface area contributed by atoms with E-state index in [1.807, 2.05) is 11.3 Å². The lowest BCUT2D eigenvalue weighted by atomic mass is 10.1. The second-order valence-electron chi connectivity index (χ2n) is 4.71. The second kappa shape index (κ2) is 5.29. The fourth-order valence-electron chi connectivity index (χ4n) is 2.16. The van der Waals surface area contributed by atoms with Gasteiger partial charge in [-0.3, -0.25) is 0 Å². The van der Waals surface area contributed by atoms with Crippen molar-refractivity contribution in [2.24, 2.45) is 0 Å². The molecular weight excluding hydrogens is 310 g/mol. The summed E-state index contributed by atoms with van der Waals surface area (Å²) in [6.45, 7) is 1.66. The van der Waals surface area contributed by atoms with E-state index in [2.05, 4.69) is 39.4 Å². The van der Waals surface area contributed by atoms with Crippen LogP contribution in [-0.4, -0.2) is 13.2 Å². The first kappa shape index (κ1) is 12.6. The third kappa shape index (κ3) is 2.48. The average molecular weight is 326 g/mol. The van der Waals surface area contributed by atoms with E-state index in [0.29, 0.717) is 6.61 Å². The van der Waals surface area contributed by atoms with Crippen molar-refractivity contribution < 1.29 is 4.74 Å². The lowest BCUT2D eigenvalue weighted by Gasteiger charge is -2.04. The summed E-state index contributed by atoms with van der Waals surface area (Å²) in [5, 5.41) is 4.91. The molecule has 0 amide bonds. The smallest absolute Gasteiger partial charge is 0.0730 e. The zero-order chi connectivity index (χ0) is 12.5. The minimum absolute atomic E-state index is 0.693. The molecule has 0 bridgehead atoms. The first-order chi connectivity index (χ1) is 8.79. The summed E-state index contributed by atoms with van der Waals surface area (Å²) in [4.78, 5) is 1.41. The number of halogens is 1. The highest BCUT2D eigenvalue weighted by molar-refractivity contribution is 9.10. The normalized spacial score (nSPS) is 15.4. The van der Waals surface area contributed by atoms with Gasteiger partial charge in [0, 0.05) is 39.3 Å². The summed E-state index contributed by atoms with van der Waals surface area (Å²) in [6.07, 6.45) is 2.66. The number of rotatable bonds is 5. The number of thiophene rings is 1. The van der Waals surface area contributed by atoms with Crippen LogP contribution in [0.25, 0.3) is 10.1 Å². The van der Waals surface area contributed by atoms with E-state index in [1.54, 1.807) is 7.11 Å². The van der Waals surface area contributed by atoms with Gasteiger partial charge in [-0.1, -0.05) is 12.1 Å². The van der Waals surface area contributed by atoms with Crippen LogP contribution in [0.5, 0.6) is 0 Å². The molecule has 1 fully saturated rings. The Bertz CT molecular complexity index is 562. The Morgan fingerprint density at radius 3 is 3.00 bits per heavy atom. The van der Waals surface area contributed by atoms with Gasteiger partial charge in [-0.25, -0.2) is 0 Å². The largest absolute Gasteiger partial charge is 0.380 e. The van der Waals surface area contributed by atoms with Gasteiger partial charge < -0.3 is 10.1 Å². The molecular formula is C14H16BrNOS. The lowest BCUT2D eigenvalue weighted by Crippen LogP contribution is -2.15. The molecule has 4 heteroatoms. The molecule has 1 saturated carbocycles. The lowest BCUT2D eigenvalue weighted by molar-refractivity contribution is 0.185. The van der Waals surface area contributed by atoms with Gasteiger partial charge in [0.15, 0.2) is 0 Å². The molecule has 1 aliphatic rings. The number of nitrogens with one attached hydrogen (secondary N) is 1. The number of benzene rings is 1. The predicted molar refractivity (Wildman–Crippen MR) is 80.1 cm³/mol. The SMILES string of the molecule is COCc1c(CNC2CC2)sc2c(Br)cccc12. The number of hydrogen-bond donors (Lipinski definition) is 1. The molecule has 2 nitrogen and oxygen atoms in total. The van der Waals surface area contributed by atoms with Crippen LogP contribution in [-0.2, 0) is 17.9 Å². The molecule has 18 heavy (non-hydrogen) atoms. The summed E-state index contributed by atoms with van der Waals surface area (Å²) in [5.74, 6) is 0. The van der Waals surface area contributed by atoms with Crippen molar-refractivity contribution in [2.45, 2.75) is 32.0 Å². The topological polar surface area (TPSA) is 21.3 Å². The molecule has 1 aromatic carbocycles. The third-order valence-electron chi connectivity index (χ3n) is 3.27. The summed E-state index contributed by atoms with van der Waals surface area (Å²) in [5.41, 5.74) is 1.34. The standard InChI is InChI=1S/C14H16BrNOS/c1-17-8-11-10-3-2-4-12(15)14(10)18-13(11)7-16-9-5-6-9/h2-4,9,16H,5-8H2,1H3. The van der Waals surface area contributed by atoms with E-state index in [-0.39, 0.29) is 0 Å². The van der Waals surface area contributed by atoms with Crippen LogP contribution in [0.3, 0.4) is 0 Å². The van der Waals surface area contributed by atoms with Gasteiger partial charge in [0.05, 0.1) is 6.61 Å². The van der Waals surface area contributed by atoms with Crippen LogP contribution in [0.4, 0.5) is 0 Å². The highest BCUT2D eigenvalue weighted by Gasteiger charge is 2.21. The Labute approximate surface area is 119 Å². The number of methoxy groups -OCH3 is 1. The monoisotopic (exact) mass is 325 g/mol. The molecule has 96 valence electrons. The van der Waals surface area contributed by atoms with Crippen LogP contribution in [0.15, 0.2) is 22.7 Å². The molecule has 1 aromatic heterocycles. The molecule has 1 heterocycles. The minimum Gasteiger partial charge on any atom is -0.380 e. The Balaban J connectivity index is 1.98. The molecule has 0 spiro atoms. The quantitative estimate of drug-likeness (QED) is 0.895. The molecule has 2 aromatic rings. The van der Waals surface area contributed by atoms with Crippen molar-refractivity contribution in [1.82, 2.24) is 5.32 Å². The second-order valence-corrected chi connectivity index (χ2v) is 6.67. The maximum atomic E-state index is 5.36. The van der Waals surface area contributed by atoms with Gasteiger partial charge in [0.25, 0.3) is 0 Å². The highest BCUT2D eigenvalue weighted by Crippen LogP contribution is 2.37. The fourth-order valence-corrected chi connectivity index (χ4v) is 3.92. The van der Waals surface area contributed by atoms with E-state index in [4.69, 9.17) is 4.74 Å². The van der Waals surface area contributed by atoms with E-state index in [9.17, 15) is 0 Å². The Kier molecular flexibility index (Phi) is 3.71. The van der Waals surface area contributed by atoms with Gasteiger partial charge in [-0.15, -0.1) is 11.3 Å². The molecule has 1 N–H and O–H groups in total. The van der Waals surface area contributed by atoms with Gasteiger partial charge in [0.2, 0.25) is 0 Å².